The number of Topliss-reactive ketones (excluding diaryl/α,β-unsaturated/α-hetero) is 1. The van der Waals surface area contributed by atoms with E-state index in [4.69, 9.17) is 4.74 Å². The molecular formula is C36H50N6O4. The van der Waals surface area contributed by atoms with Gasteiger partial charge in [-0.3, -0.25) is 14.4 Å². The van der Waals surface area contributed by atoms with Crippen LogP contribution in [0.2, 0.25) is 0 Å². The van der Waals surface area contributed by atoms with Gasteiger partial charge < -0.3 is 20.3 Å². The van der Waals surface area contributed by atoms with Crippen LogP contribution >= 0.6 is 0 Å². The zero-order valence-corrected chi connectivity index (χ0v) is 28.5. The second-order valence-electron chi connectivity index (χ2n) is 13.6. The number of hydrogen-bond donors (Lipinski definition) is 2. The number of hydrogen-bond acceptors (Lipinski definition) is 7. The molecule has 2 N–H and O–H groups in total. The van der Waals surface area contributed by atoms with E-state index in [2.05, 4.69) is 27.0 Å². The van der Waals surface area contributed by atoms with Gasteiger partial charge in [0.05, 0.1) is 30.1 Å². The number of fused-ring (bicyclic) bond motifs is 5. The van der Waals surface area contributed by atoms with E-state index in [1.54, 1.807) is 4.90 Å². The fourth-order valence-electron chi connectivity index (χ4n) is 5.92. The molecule has 1 aliphatic rings. The molecule has 0 radical (unpaired) electrons. The highest BCUT2D eigenvalue weighted by Crippen LogP contribution is 2.41. The Labute approximate surface area is 273 Å². The number of rotatable bonds is 15. The lowest BCUT2D eigenvalue weighted by Gasteiger charge is -2.30. The van der Waals surface area contributed by atoms with Gasteiger partial charge in [-0.1, -0.05) is 75.4 Å². The SMILES string of the molecule is CNCCn1nnc2c1-c1ccccc1CN(C(=O)CCC(=O)NCCC(C)(C)OCCC(C)(C)C(=O)C(C)C)c1ccccc1-2. The molecule has 0 aliphatic carbocycles. The summed E-state index contributed by atoms with van der Waals surface area (Å²) in [6.45, 7) is 14.4. The molecule has 1 aromatic heterocycles. The first-order valence-electron chi connectivity index (χ1n) is 16.4. The van der Waals surface area contributed by atoms with Crippen LogP contribution in [-0.2, 0) is 32.2 Å². The zero-order valence-electron chi connectivity index (χ0n) is 28.5. The van der Waals surface area contributed by atoms with Crippen LogP contribution in [0.1, 0.15) is 72.8 Å². The topological polar surface area (TPSA) is 118 Å². The molecule has 2 amide bonds. The smallest absolute Gasteiger partial charge is 0.227 e. The highest BCUT2D eigenvalue weighted by molar-refractivity contribution is 6.01. The van der Waals surface area contributed by atoms with E-state index >= 15 is 0 Å². The maximum absolute atomic E-state index is 13.8. The summed E-state index contributed by atoms with van der Waals surface area (Å²) in [5, 5.41) is 15.2. The molecule has 3 aromatic rings. The lowest BCUT2D eigenvalue weighted by atomic mass is 9.80. The predicted octanol–water partition coefficient (Wildman–Crippen LogP) is 5.40. The van der Waals surface area contributed by atoms with E-state index in [0.717, 1.165) is 40.3 Å². The lowest BCUT2D eigenvalue weighted by molar-refractivity contribution is -0.132. The van der Waals surface area contributed by atoms with Gasteiger partial charge in [0.25, 0.3) is 0 Å². The van der Waals surface area contributed by atoms with Crippen LogP contribution in [0.15, 0.2) is 48.5 Å². The van der Waals surface area contributed by atoms with E-state index in [1.165, 1.54) is 0 Å². The minimum absolute atomic E-state index is 0.0113. The average Bonchev–Trinajstić information content (AvgIpc) is 3.43. The first-order chi connectivity index (χ1) is 21.8. The number of carbonyl (C=O) groups is 3. The normalized spacial score (nSPS) is 13.0. The van der Waals surface area contributed by atoms with Crippen molar-refractivity contribution in [3.8, 4) is 22.5 Å². The summed E-state index contributed by atoms with van der Waals surface area (Å²) in [5.74, 6) is -0.0893. The summed E-state index contributed by atoms with van der Waals surface area (Å²) in [5.41, 5.74) is 4.33. The molecule has 0 saturated carbocycles. The molecule has 0 atom stereocenters. The van der Waals surface area contributed by atoms with Crippen LogP contribution in [0.25, 0.3) is 22.5 Å². The number of nitrogens with zero attached hydrogens (tertiary/aromatic N) is 4. The third-order valence-corrected chi connectivity index (χ3v) is 8.69. The summed E-state index contributed by atoms with van der Waals surface area (Å²) >= 11 is 0. The van der Waals surface area contributed by atoms with Crippen molar-refractivity contribution in [2.45, 2.75) is 85.9 Å². The van der Waals surface area contributed by atoms with E-state index in [-0.39, 0.29) is 36.4 Å². The van der Waals surface area contributed by atoms with Gasteiger partial charge in [0.15, 0.2) is 0 Å². The Morgan fingerprint density at radius 3 is 2.35 bits per heavy atom. The number of carbonyl (C=O) groups excluding carboxylic acids is 3. The number of ketones is 1. The Bertz CT molecular complexity index is 1530. The highest BCUT2D eigenvalue weighted by atomic mass is 16.5. The maximum Gasteiger partial charge on any atom is 0.227 e. The van der Waals surface area contributed by atoms with Crippen molar-refractivity contribution in [2.24, 2.45) is 11.3 Å². The van der Waals surface area contributed by atoms with Gasteiger partial charge in [-0.2, -0.15) is 0 Å². The van der Waals surface area contributed by atoms with Crippen LogP contribution in [0.4, 0.5) is 5.69 Å². The van der Waals surface area contributed by atoms with Crippen LogP contribution < -0.4 is 15.5 Å². The van der Waals surface area contributed by atoms with E-state index in [1.807, 2.05) is 95.7 Å². The molecule has 46 heavy (non-hydrogen) atoms. The molecule has 10 nitrogen and oxygen atoms in total. The third kappa shape index (κ3) is 8.47. The number of amides is 2. The highest BCUT2D eigenvalue weighted by Gasteiger charge is 2.31. The molecule has 2 heterocycles. The predicted molar refractivity (Wildman–Crippen MR) is 181 cm³/mol. The van der Waals surface area contributed by atoms with Crippen LogP contribution in [0.5, 0.6) is 0 Å². The molecule has 0 unspecified atom stereocenters. The molecule has 248 valence electrons. The molecule has 0 spiro atoms. The molecule has 10 heteroatoms. The van der Waals surface area contributed by atoms with Gasteiger partial charge in [-0.15, -0.1) is 5.10 Å². The fraction of sp³-hybridized carbons (Fsp3) is 0.528. The van der Waals surface area contributed by atoms with Gasteiger partial charge in [0, 0.05) is 55.0 Å². The Balaban J connectivity index is 1.38. The molecule has 0 saturated heterocycles. The number of ether oxygens (including phenoxy) is 1. The fourth-order valence-corrected chi connectivity index (χ4v) is 5.92. The third-order valence-electron chi connectivity index (χ3n) is 8.69. The number of para-hydroxylation sites is 1. The Kier molecular flexibility index (Phi) is 11.5. The van der Waals surface area contributed by atoms with Gasteiger partial charge in [-0.05, 0) is 45.4 Å². The van der Waals surface area contributed by atoms with Crippen molar-refractivity contribution >= 4 is 23.3 Å². The zero-order chi connectivity index (χ0) is 33.5. The first-order valence-corrected chi connectivity index (χ1v) is 16.4. The van der Waals surface area contributed by atoms with Gasteiger partial charge >= 0.3 is 0 Å². The second-order valence-corrected chi connectivity index (χ2v) is 13.6. The van der Waals surface area contributed by atoms with Crippen molar-refractivity contribution in [1.29, 1.82) is 0 Å². The van der Waals surface area contributed by atoms with Crippen molar-refractivity contribution in [1.82, 2.24) is 25.6 Å². The number of nitrogens with one attached hydrogen (secondary N) is 2. The van der Waals surface area contributed by atoms with Gasteiger partial charge in [0.2, 0.25) is 11.8 Å². The quantitative estimate of drug-likeness (QED) is 0.231. The Morgan fingerprint density at radius 1 is 0.935 bits per heavy atom. The Hall–Kier alpha value is -3.89. The monoisotopic (exact) mass is 630 g/mol. The van der Waals surface area contributed by atoms with E-state index in [0.29, 0.717) is 39.1 Å². The minimum Gasteiger partial charge on any atom is -0.375 e. The van der Waals surface area contributed by atoms with Crippen LogP contribution in [0, 0.1) is 11.3 Å². The minimum atomic E-state index is -0.463. The molecule has 1 aliphatic heterocycles. The summed E-state index contributed by atoms with van der Waals surface area (Å²) in [6, 6.07) is 15.8. The molecule has 0 fully saturated rings. The van der Waals surface area contributed by atoms with E-state index in [9.17, 15) is 14.4 Å². The molecular weight excluding hydrogens is 580 g/mol. The molecule has 2 aromatic carbocycles. The summed E-state index contributed by atoms with van der Waals surface area (Å²) < 4.78 is 8.03. The number of aromatic nitrogens is 3. The second kappa shape index (κ2) is 15.1. The van der Waals surface area contributed by atoms with Gasteiger partial charge in [-0.25, -0.2) is 4.68 Å². The van der Waals surface area contributed by atoms with Crippen LogP contribution in [-0.4, -0.2) is 64.9 Å². The van der Waals surface area contributed by atoms with Crippen molar-refractivity contribution in [3.05, 3.63) is 54.1 Å². The summed E-state index contributed by atoms with van der Waals surface area (Å²) in [4.78, 5) is 40.8. The lowest BCUT2D eigenvalue weighted by Crippen LogP contribution is -2.36. The van der Waals surface area contributed by atoms with Gasteiger partial charge in [0.1, 0.15) is 11.5 Å². The standard InChI is InChI=1S/C36H50N6O4/c1-25(2)34(45)35(3,4)19-23-46-36(5,6)18-20-38-30(43)16-17-31(44)41-24-26-12-8-9-13-27(26)33-32(28-14-10-11-15-29(28)41)39-40-42(33)22-21-37-7/h8-15,25,37H,16-24H2,1-7H3,(H,38,43). The van der Waals surface area contributed by atoms with Crippen molar-refractivity contribution < 1.29 is 19.1 Å². The Morgan fingerprint density at radius 2 is 1.63 bits per heavy atom. The van der Waals surface area contributed by atoms with Crippen LogP contribution in [0.3, 0.4) is 0 Å². The largest absolute Gasteiger partial charge is 0.375 e. The summed E-state index contributed by atoms with van der Waals surface area (Å²) in [7, 11) is 1.91. The van der Waals surface area contributed by atoms with Crippen molar-refractivity contribution in [2.75, 3.05) is 31.6 Å². The first kappa shape index (κ1) is 35.0. The number of benzene rings is 2. The van der Waals surface area contributed by atoms with Crippen molar-refractivity contribution in [3.63, 3.8) is 0 Å². The molecule has 4 rings (SSSR count). The molecule has 0 bridgehead atoms. The maximum atomic E-state index is 13.8. The average molecular weight is 631 g/mol. The summed E-state index contributed by atoms with van der Waals surface area (Å²) in [6.07, 6.45) is 1.40. The number of anilines is 1. The number of likely N-dealkylation sites (N-methyl/N-ethyl adjacent to an activating group) is 1. The van der Waals surface area contributed by atoms with E-state index < -0.39 is 11.0 Å².